The molecule has 0 aliphatic heterocycles. The van der Waals surface area contributed by atoms with Gasteiger partial charge in [-0.1, -0.05) is 53.7 Å². The van der Waals surface area contributed by atoms with E-state index in [4.69, 9.17) is 16.3 Å². The lowest BCUT2D eigenvalue weighted by atomic mass is 10.1. The second kappa shape index (κ2) is 7.28. The molecular weight excluding hydrogens is 344 g/mol. The molecule has 0 fully saturated rings. The summed E-state index contributed by atoms with van der Waals surface area (Å²) >= 11 is 7.43. The third-order valence-electron chi connectivity index (χ3n) is 3.63. The lowest BCUT2D eigenvalue weighted by Crippen LogP contribution is -2.14. The molecule has 0 amide bonds. The van der Waals surface area contributed by atoms with Crippen LogP contribution >= 0.6 is 23.4 Å². The second-order valence-corrected chi connectivity index (χ2v) is 6.76. The highest BCUT2D eigenvalue weighted by Gasteiger charge is 2.25. The number of nitrogens with zero attached hydrogens (tertiary/aromatic N) is 2. The number of ether oxygens (including phenoxy) is 1. The number of benzene rings is 2. The topological polar surface area (TPSA) is 44.1 Å². The van der Waals surface area contributed by atoms with Crippen LogP contribution in [0, 0.1) is 0 Å². The molecule has 0 saturated carbocycles. The third-order valence-corrected chi connectivity index (χ3v) is 5.14. The van der Waals surface area contributed by atoms with E-state index in [2.05, 4.69) is 4.98 Å². The zero-order valence-corrected chi connectivity index (χ0v) is 15.0. The molecule has 4 nitrogen and oxygen atoms in total. The minimum absolute atomic E-state index is 0.265. The number of esters is 1. The van der Waals surface area contributed by atoms with Crippen LogP contribution in [0.1, 0.15) is 17.7 Å². The summed E-state index contributed by atoms with van der Waals surface area (Å²) in [6.45, 7) is 2.16. The number of aromatic nitrogens is 2. The Balaban J connectivity index is 1.98. The summed E-state index contributed by atoms with van der Waals surface area (Å²) in [5.41, 5.74) is 2.67. The molecular formula is C18H17ClN2O2S. The van der Waals surface area contributed by atoms with Crippen LogP contribution in [0.15, 0.2) is 53.7 Å². The van der Waals surface area contributed by atoms with E-state index in [1.54, 1.807) is 0 Å². The Morgan fingerprint density at radius 2 is 2.04 bits per heavy atom. The molecule has 1 aromatic heterocycles. The average molecular weight is 361 g/mol. The molecule has 0 N–H and O–H groups in total. The van der Waals surface area contributed by atoms with Crippen molar-refractivity contribution in [3.8, 4) is 0 Å². The molecule has 2 aromatic carbocycles. The molecule has 3 aromatic rings. The number of halogens is 1. The number of thioether (sulfide) groups is 1. The number of fused-ring (bicyclic) bond motifs is 1. The smallest absolute Gasteiger partial charge is 0.324 e. The number of rotatable bonds is 5. The van der Waals surface area contributed by atoms with E-state index in [1.807, 2.05) is 67.1 Å². The average Bonchev–Trinajstić information content (AvgIpc) is 2.88. The first-order valence-corrected chi connectivity index (χ1v) is 8.86. The molecule has 0 bridgehead atoms. The van der Waals surface area contributed by atoms with Crippen molar-refractivity contribution in [2.75, 3.05) is 6.61 Å². The van der Waals surface area contributed by atoms with Crippen molar-refractivity contribution in [3.63, 3.8) is 0 Å². The van der Waals surface area contributed by atoms with E-state index in [0.29, 0.717) is 11.6 Å². The fraction of sp³-hybridized carbons (Fsp3) is 0.222. The number of carbonyl (C=O) groups excluding carboxylic acids is 1. The Morgan fingerprint density at radius 1 is 1.29 bits per heavy atom. The van der Waals surface area contributed by atoms with E-state index in [9.17, 15) is 4.79 Å². The number of imidazole rings is 1. The quantitative estimate of drug-likeness (QED) is 0.491. The predicted octanol–water partition coefficient (Wildman–Crippen LogP) is 4.62. The van der Waals surface area contributed by atoms with Gasteiger partial charge < -0.3 is 9.30 Å². The lowest BCUT2D eigenvalue weighted by molar-refractivity contribution is -0.142. The van der Waals surface area contributed by atoms with Gasteiger partial charge in [-0.05, 0) is 30.7 Å². The number of aryl methyl sites for hydroxylation is 1. The maximum absolute atomic E-state index is 12.4. The molecule has 0 radical (unpaired) electrons. The zero-order valence-electron chi connectivity index (χ0n) is 13.4. The Hall–Kier alpha value is -1.98. The molecule has 124 valence electrons. The highest BCUT2D eigenvalue weighted by Crippen LogP contribution is 2.37. The third kappa shape index (κ3) is 3.42. The van der Waals surface area contributed by atoms with E-state index < -0.39 is 5.25 Å². The minimum Gasteiger partial charge on any atom is -0.465 e. The van der Waals surface area contributed by atoms with Gasteiger partial charge >= 0.3 is 5.97 Å². The summed E-state index contributed by atoms with van der Waals surface area (Å²) in [5.74, 6) is -0.265. The summed E-state index contributed by atoms with van der Waals surface area (Å²) in [6.07, 6.45) is 0. The lowest BCUT2D eigenvalue weighted by Gasteiger charge is -2.15. The van der Waals surface area contributed by atoms with Crippen LogP contribution in [0.25, 0.3) is 11.0 Å². The van der Waals surface area contributed by atoms with Crippen LogP contribution in [0.2, 0.25) is 5.02 Å². The monoisotopic (exact) mass is 360 g/mol. The normalized spacial score (nSPS) is 12.3. The molecule has 0 saturated heterocycles. The molecule has 0 spiro atoms. The Morgan fingerprint density at radius 3 is 2.75 bits per heavy atom. The molecule has 1 heterocycles. The summed E-state index contributed by atoms with van der Waals surface area (Å²) in [6, 6.07) is 15.2. The van der Waals surface area contributed by atoms with Crippen LogP contribution in [0.4, 0.5) is 0 Å². The van der Waals surface area contributed by atoms with Gasteiger partial charge in [-0.25, -0.2) is 4.98 Å². The Kier molecular flexibility index (Phi) is 5.11. The van der Waals surface area contributed by atoms with Gasteiger partial charge in [0.2, 0.25) is 0 Å². The molecule has 1 atom stereocenters. The van der Waals surface area contributed by atoms with Gasteiger partial charge in [0.15, 0.2) is 5.16 Å². The molecule has 3 rings (SSSR count). The van der Waals surface area contributed by atoms with Crippen LogP contribution in [-0.4, -0.2) is 22.1 Å². The van der Waals surface area contributed by atoms with Gasteiger partial charge in [0.1, 0.15) is 5.25 Å². The molecule has 0 aliphatic rings. The first kappa shape index (κ1) is 16.9. The first-order chi connectivity index (χ1) is 11.6. The van der Waals surface area contributed by atoms with E-state index in [0.717, 1.165) is 21.8 Å². The van der Waals surface area contributed by atoms with Gasteiger partial charge in [-0.2, -0.15) is 0 Å². The molecule has 6 heteroatoms. The SMILES string of the molecule is CCOC(=O)C(Sc1nc2cc(Cl)ccc2n1C)c1ccccc1. The van der Waals surface area contributed by atoms with Crippen molar-refractivity contribution >= 4 is 40.4 Å². The van der Waals surface area contributed by atoms with Crippen molar-refractivity contribution in [3.05, 3.63) is 59.1 Å². The van der Waals surface area contributed by atoms with Crippen LogP contribution < -0.4 is 0 Å². The number of carbonyl (C=O) groups is 1. The van der Waals surface area contributed by atoms with Crippen LogP contribution in [0.5, 0.6) is 0 Å². The minimum atomic E-state index is -0.461. The van der Waals surface area contributed by atoms with E-state index in [1.165, 1.54) is 11.8 Å². The Labute approximate surface area is 149 Å². The van der Waals surface area contributed by atoms with Crippen molar-refractivity contribution in [1.29, 1.82) is 0 Å². The summed E-state index contributed by atoms with van der Waals surface area (Å²) in [5, 5.41) is 0.924. The summed E-state index contributed by atoms with van der Waals surface area (Å²) < 4.78 is 7.21. The highest BCUT2D eigenvalue weighted by atomic mass is 35.5. The van der Waals surface area contributed by atoms with Crippen molar-refractivity contribution < 1.29 is 9.53 Å². The fourth-order valence-corrected chi connectivity index (χ4v) is 3.70. The van der Waals surface area contributed by atoms with E-state index >= 15 is 0 Å². The zero-order chi connectivity index (χ0) is 17.1. The highest BCUT2D eigenvalue weighted by molar-refractivity contribution is 8.00. The van der Waals surface area contributed by atoms with Gasteiger partial charge in [0, 0.05) is 12.1 Å². The van der Waals surface area contributed by atoms with Gasteiger partial charge in [0.05, 0.1) is 17.6 Å². The first-order valence-electron chi connectivity index (χ1n) is 7.60. The largest absolute Gasteiger partial charge is 0.465 e. The van der Waals surface area contributed by atoms with E-state index in [-0.39, 0.29) is 5.97 Å². The van der Waals surface area contributed by atoms with Gasteiger partial charge in [-0.3, -0.25) is 4.79 Å². The fourth-order valence-electron chi connectivity index (χ4n) is 2.46. The van der Waals surface area contributed by atoms with Crippen molar-refractivity contribution in [2.24, 2.45) is 7.05 Å². The van der Waals surface area contributed by atoms with Crippen LogP contribution in [-0.2, 0) is 16.6 Å². The Bertz CT molecular complexity index is 864. The van der Waals surface area contributed by atoms with Gasteiger partial charge in [-0.15, -0.1) is 0 Å². The molecule has 24 heavy (non-hydrogen) atoms. The predicted molar refractivity (Wildman–Crippen MR) is 97.4 cm³/mol. The van der Waals surface area contributed by atoms with Gasteiger partial charge in [0.25, 0.3) is 0 Å². The molecule has 1 unspecified atom stereocenters. The molecule has 0 aliphatic carbocycles. The summed E-state index contributed by atoms with van der Waals surface area (Å²) in [4.78, 5) is 17.0. The number of hydrogen-bond acceptors (Lipinski definition) is 4. The summed E-state index contributed by atoms with van der Waals surface area (Å²) in [7, 11) is 1.93. The maximum atomic E-state index is 12.4. The standard InChI is InChI=1S/C18H17ClN2O2S/c1-3-23-17(22)16(12-7-5-4-6-8-12)24-18-20-14-11-13(19)9-10-15(14)21(18)2/h4-11,16H,3H2,1-2H3. The second-order valence-electron chi connectivity index (χ2n) is 5.25. The van der Waals surface area contributed by atoms with Crippen LogP contribution in [0.3, 0.4) is 0 Å². The number of hydrogen-bond donors (Lipinski definition) is 0. The van der Waals surface area contributed by atoms with Crippen molar-refractivity contribution in [2.45, 2.75) is 17.3 Å². The van der Waals surface area contributed by atoms with Crippen molar-refractivity contribution in [1.82, 2.24) is 9.55 Å². The maximum Gasteiger partial charge on any atom is 0.324 e.